The summed E-state index contributed by atoms with van der Waals surface area (Å²) in [4.78, 5) is 16.9. The minimum atomic E-state index is -0.139. The van der Waals surface area contributed by atoms with Gasteiger partial charge in [0.25, 0.3) is 5.56 Å². The average Bonchev–Trinajstić information content (AvgIpc) is 2.69. The minimum absolute atomic E-state index is 0. The van der Waals surface area contributed by atoms with Crippen molar-refractivity contribution in [1.29, 1.82) is 5.26 Å². The lowest BCUT2D eigenvalue weighted by Gasteiger charge is -2.32. The van der Waals surface area contributed by atoms with Crippen molar-refractivity contribution in [3.05, 3.63) is 64.1 Å². The maximum absolute atomic E-state index is 11.8. The summed E-state index contributed by atoms with van der Waals surface area (Å²) in [5.74, 6) is 1.18. The van der Waals surface area contributed by atoms with Crippen LogP contribution in [0.1, 0.15) is 36.3 Å². The van der Waals surface area contributed by atoms with Crippen LogP contribution in [0, 0.1) is 17.2 Å². The van der Waals surface area contributed by atoms with Crippen LogP contribution in [0.2, 0.25) is 0 Å². The van der Waals surface area contributed by atoms with Gasteiger partial charge >= 0.3 is 0 Å². The van der Waals surface area contributed by atoms with E-state index in [1.807, 2.05) is 36.4 Å². The van der Waals surface area contributed by atoms with Gasteiger partial charge in [-0.05, 0) is 50.4 Å². The van der Waals surface area contributed by atoms with E-state index in [1.54, 1.807) is 13.3 Å². The highest BCUT2D eigenvalue weighted by Crippen LogP contribution is 2.34. The summed E-state index contributed by atoms with van der Waals surface area (Å²) < 4.78 is 5.42. The van der Waals surface area contributed by atoms with Gasteiger partial charge in [-0.3, -0.25) is 9.69 Å². The highest BCUT2D eigenvalue weighted by molar-refractivity contribution is 5.85. The van der Waals surface area contributed by atoms with Crippen molar-refractivity contribution in [3.8, 4) is 11.8 Å². The fraction of sp³-hybridized carbons (Fsp3) is 0.429. The number of aromatic nitrogens is 1. The van der Waals surface area contributed by atoms with Crippen LogP contribution in [0.15, 0.2) is 47.4 Å². The summed E-state index contributed by atoms with van der Waals surface area (Å²) in [6.07, 6.45) is 4.63. The smallest absolute Gasteiger partial charge is 0.252 e. The van der Waals surface area contributed by atoms with Crippen molar-refractivity contribution in [3.63, 3.8) is 0 Å². The molecule has 1 aromatic carbocycles. The molecule has 1 aliphatic heterocycles. The van der Waals surface area contributed by atoms with Crippen LogP contribution in [0.25, 0.3) is 0 Å². The highest BCUT2D eigenvalue weighted by atomic mass is 35.5. The molecule has 0 spiro atoms. The number of H-pyrrole nitrogens is 1. The van der Waals surface area contributed by atoms with Gasteiger partial charge in [0.1, 0.15) is 5.75 Å². The van der Waals surface area contributed by atoms with E-state index in [0.29, 0.717) is 12.5 Å². The number of hydrogen-bond acceptors (Lipinski definition) is 4. The number of pyridine rings is 1. The number of hydrogen-bond donors (Lipinski definition) is 1. The van der Waals surface area contributed by atoms with E-state index < -0.39 is 0 Å². The second-order valence-corrected chi connectivity index (χ2v) is 6.90. The van der Waals surface area contributed by atoms with Crippen molar-refractivity contribution in [2.45, 2.75) is 31.7 Å². The molecule has 1 aliphatic rings. The zero-order chi connectivity index (χ0) is 18.4. The molecule has 0 saturated carbocycles. The molecule has 0 bridgehead atoms. The molecular weight excluding hydrogens is 397 g/mol. The molecule has 1 atom stereocenters. The van der Waals surface area contributed by atoms with Crippen LogP contribution < -0.4 is 10.3 Å². The van der Waals surface area contributed by atoms with E-state index in [9.17, 15) is 10.1 Å². The average molecular weight is 424 g/mol. The molecule has 2 heterocycles. The van der Waals surface area contributed by atoms with Gasteiger partial charge in [-0.1, -0.05) is 24.3 Å². The molecule has 1 N–H and O–H groups in total. The molecular formula is C21H27Cl2N3O2. The van der Waals surface area contributed by atoms with Gasteiger partial charge in [-0.15, -0.1) is 24.8 Å². The number of nitrogens with zero attached hydrogens (tertiary/aromatic N) is 2. The fourth-order valence-electron chi connectivity index (χ4n) is 3.74. The van der Waals surface area contributed by atoms with E-state index in [-0.39, 0.29) is 36.3 Å². The predicted molar refractivity (Wildman–Crippen MR) is 116 cm³/mol. The molecule has 0 amide bonds. The molecule has 1 saturated heterocycles. The topological polar surface area (TPSA) is 69.1 Å². The largest absolute Gasteiger partial charge is 0.496 e. The maximum Gasteiger partial charge on any atom is 0.252 e. The summed E-state index contributed by atoms with van der Waals surface area (Å²) in [5, 5.41) is 9.65. The fourth-order valence-corrected chi connectivity index (χ4v) is 3.74. The van der Waals surface area contributed by atoms with Crippen LogP contribution in [0.5, 0.6) is 5.75 Å². The van der Waals surface area contributed by atoms with Crippen molar-refractivity contribution in [2.24, 2.45) is 5.92 Å². The van der Waals surface area contributed by atoms with E-state index in [0.717, 1.165) is 49.2 Å². The first-order valence-corrected chi connectivity index (χ1v) is 9.12. The summed E-state index contributed by atoms with van der Waals surface area (Å²) in [7, 11) is 1.65. The van der Waals surface area contributed by atoms with Gasteiger partial charge < -0.3 is 9.72 Å². The number of halogens is 2. The van der Waals surface area contributed by atoms with Crippen molar-refractivity contribution in [1.82, 2.24) is 9.88 Å². The Morgan fingerprint density at radius 3 is 2.57 bits per heavy atom. The van der Waals surface area contributed by atoms with E-state index in [1.165, 1.54) is 0 Å². The van der Waals surface area contributed by atoms with Crippen LogP contribution in [-0.2, 0) is 6.54 Å². The zero-order valence-electron chi connectivity index (χ0n) is 16.0. The number of piperidine rings is 1. The van der Waals surface area contributed by atoms with E-state index in [4.69, 9.17) is 4.74 Å². The Morgan fingerprint density at radius 2 is 1.93 bits per heavy atom. The molecule has 152 valence electrons. The number of rotatable bonds is 6. The summed E-state index contributed by atoms with van der Waals surface area (Å²) in [6.45, 7) is 2.61. The van der Waals surface area contributed by atoms with Gasteiger partial charge in [0.2, 0.25) is 0 Å². The Labute approximate surface area is 178 Å². The monoisotopic (exact) mass is 423 g/mol. The summed E-state index contributed by atoms with van der Waals surface area (Å²) >= 11 is 0. The van der Waals surface area contributed by atoms with Crippen molar-refractivity contribution >= 4 is 24.8 Å². The number of nitrogens with one attached hydrogen (secondary N) is 1. The first kappa shape index (κ1) is 24.0. The molecule has 0 aliphatic carbocycles. The number of likely N-dealkylation sites (tertiary alicyclic amines) is 1. The number of methoxy groups -OCH3 is 1. The van der Waals surface area contributed by atoms with E-state index >= 15 is 0 Å². The number of ether oxygens (including phenoxy) is 1. The van der Waals surface area contributed by atoms with Gasteiger partial charge in [0.05, 0.1) is 19.1 Å². The lowest BCUT2D eigenvalue weighted by Crippen LogP contribution is -2.35. The van der Waals surface area contributed by atoms with Crippen molar-refractivity contribution in [2.75, 3.05) is 20.2 Å². The molecule has 5 nitrogen and oxygen atoms in total. The highest BCUT2D eigenvalue weighted by Gasteiger charge is 2.25. The van der Waals surface area contributed by atoms with Gasteiger partial charge in [0, 0.05) is 23.9 Å². The number of nitriles is 1. The molecule has 28 heavy (non-hydrogen) atoms. The SMILES string of the molecule is COc1ccccc1C(C#N)CC1CCN(Cc2ccc[nH]c2=O)CC1.Cl.Cl. The first-order valence-electron chi connectivity index (χ1n) is 9.12. The summed E-state index contributed by atoms with van der Waals surface area (Å²) in [5.41, 5.74) is 1.79. The van der Waals surface area contributed by atoms with Crippen LogP contribution in [0.4, 0.5) is 0 Å². The normalized spacial score (nSPS) is 15.6. The number of para-hydroxylation sites is 1. The second-order valence-electron chi connectivity index (χ2n) is 6.90. The standard InChI is InChI=1S/C21H25N3O2.2ClH/c1-26-20-7-3-2-6-19(20)18(14-22)13-16-8-11-24(12-9-16)15-17-5-4-10-23-21(17)25;;/h2-7,10,16,18H,8-9,11-13,15H2,1H3,(H,23,25);2*1H. The van der Waals surface area contributed by atoms with Gasteiger partial charge in [-0.2, -0.15) is 5.26 Å². The third-order valence-corrected chi connectivity index (χ3v) is 5.24. The number of aromatic amines is 1. The molecule has 1 aromatic heterocycles. The molecule has 7 heteroatoms. The molecule has 3 rings (SSSR count). The first-order chi connectivity index (χ1) is 12.7. The lowest BCUT2D eigenvalue weighted by atomic mass is 9.84. The third-order valence-electron chi connectivity index (χ3n) is 5.24. The second kappa shape index (κ2) is 11.8. The van der Waals surface area contributed by atoms with Crippen LogP contribution >= 0.6 is 24.8 Å². The lowest BCUT2D eigenvalue weighted by molar-refractivity contribution is 0.170. The van der Waals surface area contributed by atoms with Gasteiger partial charge in [-0.25, -0.2) is 0 Å². The molecule has 1 fully saturated rings. The maximum atomic E-state index is 11.8. The molecule has 2 aromatic rings. The predicted octanol–water partition coefficient (Wildman–Crippen LogP) is 4.14. The Morgan fingerprint density at radius 1 is 1.21 bits per heavy atom. The molecule has 1 unspecified atom stereocenters. The Hall–Kier alpha value is -2.00. The van der Waals surface area contributed by atoms with E-state index in [2.05, 4.69) is 16.0 Å². The Bertz CT molecular complexity index is 827. The third kappa shape index (κ3) is 6.00. The molecule has 0 radical (unpaired) electrons. The zero-order valence-corrected chi connectivity index (χ0v) is 17.6. The number of benzene rings is 1. The quantitative estimate of drug-likeness (QED) is 0.757. The van der Waals surface area contributed by atoms with Crippen LogP contribution in [0.3, 0.4) is 0 Å². The minimum Gasteiger partial charge on any atom is -0.496 e. The Balaban J connectivity index is 0.00000196. The Kier molecular flexibility index (Phi) is 10.1. The van der Waals surface area contributed by atoms with Crippen molar-refractivity contribution < 1.29 is 4.74 Å². The van der Waals surface area contributed by atoms with Gasteiger partial charge in [0.15, 0.2) is 0 Å². The summed E-state index contributed by atoms with van der Waals surface area (Å²) in [6, 6.07) is 14.0. The van der Waals surface area contributed by atoms with Crippen LogP contribution in [-0.4, -0.2) is 30.1 Å².